The first-order valence-electron chi connectivity index (χ1n) is 5.15. The smallest absolute Gasteiger partial charge is 0.213 e. The summed E-state index contributed by atoms with van der Waals surface area (Å²) in [5.74, 6) is 0.167. The van der Waals surface area contributed by atoms with Gasteiger partial charge in [-0.25, -0.2) is 13.1 Å². The summed E-state index contributed by atoms with van der Waals surface area (Å²) in [7, 11) is -3.13. The predicted octanol–water partition coefficient (Wildman–Crippen LogP) is -1.00. The van der Waals surface area contributed by atoms with E-state index in [9.17, 15) is 8.42 Å². The van der Waals surface area contributed by atoms with Gasteiger partial charge in [-0.15, -0.1) is 6.58 Å². The van der Waals surface area contributed by atoms with Gasteiger partial charge in [-0.2, -0.15) is 0 Å². The molecule has 0 aromatic heterocycles. The minimum Gasteiger partial charge on any atom is -0.314 e. The van der Waals surface area contributed by atoms with Crippen LogP contribution in [0.2, 0.25) is 0 Å². The van der Waals surface area contributed by atoms with Gasteiger partial charge in [0.2, 0.25) is 10.0 Å². The highest BCUT2D eigenvalue weighted by Gasteiger charge is 2.14. The van der Waals surface area contributed by atoms with Gasteiger partial charge in [0.25, 0.3) is 0 Å². The number of hydrogen-bond donors (Lipinski definition) is 2. The number of piperazine rings is 1. The van der Waals surface area contributed by atoms with E-state index >= 15 is 0 Å². The zero-order valence-corrected chi connectivity index (χ0v) is 9.72. The van der Waals surface area contributed by atoms with Gasteiger partial charge in [0.1, 0.15) is 0 Å². The predicted molar refractivity (Wildman–Crippen MR) is 61.3 cm³/mol. The molecule has 0 bridgehead atoms. The first kappa shape index (κ1) is 12.6. The van der Waals surface area contributed by atoms with E-state index in [1.165, 1.54) is 0 Å². The molecule has 2 N–H and O–H groups in total. The maximum atomic E-state index is 11.4. The van der Waals surface area contributed by atoms with Crippen LogP contribution >= 0.6 is 0 Å². The lowest BCUT2D eigenvalue weighted by Gasteiger charge is -2.26. The lowest BCUT2D eigenvalue weighted by Crippen LogP contribution is -2.45. The summed E-state index contributed by atoms with van der Waals surface area (Å²) < 4.78 is 25.3. The highest BCUT2D eigenvalue weighted by Crippen LogP contribution is 1.94. The second kappa shape index (κ2) is 6.22. The summed E-state index contributed by atoms with van der Waals surface area (Å²) in [4.78, 5) is 2.16. The van der Waals surface area contributed by atoms with Crippen LogP contribution in [0.1, 0.15) is 0 Å². The number of rotatable bonds is 6. The van der Waals surface area contributed by atoms with Crippen molar-refractivity contribution in [3.63, 3.8) is 0 Å². The van der Waals surface area contributed by atoms with Crippen LogP contribution in [0, 0.1) is 0 Å². The molecule has 1 saturated heterocycles. The van der Waals surface area contributed by atoms with Gasteiger partial charge in [-0.1, -0.05) is 6.08 Å². The molecule has 0 atom stereocenters. The minimum absolute atomic E-state index is 0.167. The molecule has 0 spiro atoms. The van der Waals surface area contributed by atoms with Crippen molar-refractivity contribution in [3.05, 3.63) is 12.7 Å². The molecule has 1 rings (SSSR count). The minimum atomic E-state index is -3.13. The summed E-state index contributed by atoms with van der Waals surface area (Å²) in [5, 5.41) is 3.23. The van der Waals surface area contributed by atoms with E-state index in [0.29, 0.717) is 13.1 Å². The molecule has 1 fully saturated rings. The van der Waals surface area contributed by atoms with Crippen molar-refractivity contribution in [2.45, 2.75) is 0 Å². The molecular formula is C9H19N3O2S. The van der Waals surface area contributed by atoms with Crippen molar-refractivity contribution < 1.29 is 8.42 Å². The summed E-state index contributed by atoms with van der Waals surface area (Å²) in [6.45, 7) is 8.13. The van der Waals surface area contributed by atoms with Crippen LogP contribution in [0.5, 0.6) is 0 Å². The van der Waals surface area contributed by atoms with E-state index in [-0.39, 0.29) is 5.75 Å². The molecule has 1 aliphatic rings. The first-order valence-corrected chi connectivity index (χ1v) is 6.80. The normalized spacial score (nSPS) is 18.9. The molecule has 0 aromatic carbocycles. The summed E-state index contributed by atoms with van der Waals surface area (Å²) in [6, 6.07) is 0. The number of sulfonamides is 1. The van der Waals surface area contributed by atoms with Crippen LogP contribution in [-0.2, 0) is 10.0 Å². The molecule has 88 valence electrons. The Morgan fingerprint density at radius 2 is 2.07 bits per heavy atom. The Balaban J connectivity index is 2.25. The Morgan fingerprint density at radius 1 is 1.40 bits per heavy atom. The van der Waals surface area contributed by atoms with Crippen LogP contribution in [-0.4, -0.2) is 58.3 Å². The molecule has 5 nitrogen and oxygen atoms in total. The molecule has 1 aliphatic heterocycles. The van der Waals surface area contributed by atoms with Gasteiger partial charge < -0.3 is 5.32 Å². The molecule has 0 aliphatic carbocycles. The number of hydrogen-bond acceptors (Lipinski definition) is 4. The third-order valence-electron chi connectivity index (χ3n) is 2.33. The second-order valence-corrected chi connectivity index (χ2v) is 5.47. The Bertz CT molecular complexity index is 284. The summed E-state index contributed by atoms with van der Waals surface area (Å²) >= 11 is 0. The Morgan fingerprint density at radius 3 is 2.67 bits per heavy atom. The topological polar surface area (TPSA) is 61.4 Å². The van der Waals surface area contributed by atoms with Gasteiger partial charge in [-0.05, 0) is 0 Å². The standard InChI is InChI=1S/C9H19N3O2S/c1-2-3-11-15(13,14)9-8-12-6-4-10-5-7-12/h2,10-11H,1,3-9H2. The zero-order valence-electron chi connectivity index (χ0n) is 8.91. The number of nitrogens with zero attached hydrogens (tertiary/aromatic N) is 1. The molecule has 1 heterocycles. The van der Waals surface area contributed by atoms with Crippen molar-refractivity contribution >= 4 is 10.0 Å². The van der Waals surface area contributed by atoms with E-state index in [2.05, 4.69) is 21.5 Å². The molecule has 0 radical (unpaired) electrons. The largest absolute Gasteiger partial charge is 0.314 e. The highest BCUT2D eigenvalue weighted by molar-refractivity contribution is 7.89. The Kier molecular flexibility index (Phi) is 5.24. The Hall–Kier alpha value is -0.430. The zero-order chi connectivity index (χ0) is 11.1. The van der Waals surface area contributed by atoms with Gasteiger partial charge in [0.05, 0.1) is 5.75 Å². The van der Waals surface area contributed by atoms with Crippen LogP contribution in [0.15, 0.2) is 12.7 Å². The summed E-state index contributed by atoms with van der Waals surface area (Å²) in [5.41, 5.74) is 0. The average molecular weight is 233 g/mol. The molecule has 0 amide bonds. The van der Waals surface area contributed by atoms with E-state index in [1.54, 1.807) is 6.08 Å². The van der Waals surface area contributed by atoms with Gasteiger partial charge in [0, 0.05) is 39.3 Å². The molecule has 0 unspecified atom stereocenters. The fourth-order valence-corrected chi connectivity index (χ4v) is 2.46. The maximum absolute atomic E-state index is 11.4. The van der Waals surface area contributed by atoms with Gasteiger partial charge in [0.15, 0.2) is 0 Å². The van der Waals surface area contributed by atoms with Crippen LogP contribution < -0.4 is 10.0 Å². The molecule has 0 saturated carbocycles. The SMILES string of the molecule is C=CCNS(=O)(=O)CCN1CCNCC1. The van der Waals surface area contributed by atoms with Crippen molar-refractivity contribution in [1.82, 2.24) is 14.9 Å². The first-order chi connectivity index (χ1) is 7.14. The van der Waals surface area contributed by atoms with E-state index in [0.717, 1.165) is 26.2 Å². The van der Waals surface area contributed by atoms with Crippen LogP contribution in [0.3, 0.4) is 0 Å². The second-order valence-electron chi connectivity index (χ2n) is 3.55. The van der Waals surface area contributed by atoms with Crippen LogP contribution in [0.25, 0.3) is 0 Å². The molecule has 0 aromatic rings. The van der Waals surface area contributed by atoms with E-state index < -0.39 is 10.0 Å². The molecular weight excluding hydrogens is 214 g/mol. The lowest BCUT2D eigenvalue weighted by molar-refractivity contribution is 0.253. The fourth-order valence-electron chi connectivity index (χ4n) is 1.44. The van der Waals surface area contributed by atoms with Crippen LogP contribution in [0.4, 0.5) is 0 Å². The third kappa shape index (κ3) is 5.27. The van der Waals surface area contributed by atoms with Gasteiger partial charge >= 0.3 is 0 Å². The van der Waals surface area contributed by atoms with Crippen molar-refractivity contribution in [2.24, 2.45) is 0 Å². The van der Waals surface area contributed by atoms with Crippen molar-refractivity contribution in [3.8, 4) is 0 Å². The lowest BCUT2D eigenvalue weighted by atomic mass is 10.4. The van der Waals surface area contributed by atoms with E-state index in [1.807, 2.05) is 0 Å². The number of nitrogens with one attached hydrogen (secondary N) is 2. The molecule has 15 heavy (non-hydrogen) atoms. The van der Waals surface area contributed by atoms with Gasteiger partial charge in [-0.3, -0.25) is 4.90 Å². The monoisotopic (exact) mass is 233 g/mol. The fraction of sp³-hybridized carbons (Fsp3) is 0.778. The molecule has 6 heteroatoms. The van der Waals surface area contributed by atoms with Crippen molar-refractivity contribution in [1.29, 1.82) is 0 Å². The third-order valence-corrected chi connectivity index (χ3v) is 3.66. The Labute approximate surface area is 91.6 Å². The summed E-state index contributed by atoms with van der Waals surface area (Å²) in [6.07, 6.45) is 1.54. The van der Waals surface area contributed by atoms with E-state index in [4.69, 9.17) is 0 Å². The van der Waals surface area contributed by atoms with Crippen molar-refractivity contribution in [2.75, 3.05) is 45.0 Å². The highest BCUT2D eigenvalue weighted by atomic mass is 32.2. The average Bonchev–Trinajstić information content (AvgIpc) is 2.25. The quantitative estimate of drug-likeness (QED) is 0.578. The maximum Gasteiger partial charge on any atom is 0.213 e.